The van der Waals surface area contributed by atoms with Crippen LogP contribution in [0.4, 0.5) is 4.39 Å². The number of rotatable bonds is 7. The second kappa shape index (κ2) is 8.05. The Morgan fingerprint density at radius 1 is 1.12 bits per heavy atom. The van der Waals surface area contributed by atoms with Crippen molar-refractivity contribution in [1.82, 2.24) is 0 Å². The maximum atomic E-state index is 12.7. The van der Waals surface area contributed by atoms with E-state index in [0.717, 1.165) is 6.42 Å². The zero-order chi connectivity index (χ0) is 12.5. The van der Waals surface area contributed by atoms with Gasteiger partial charge in [0.15, 0.2) is 0 Å². The van der Waals surface area contributed by atoms with E-state index in [4.69, 9.17) is 0 Å². The Morgan fingerprint density at radius 2 is 1.82 bits per heavy atom. The van der Waals surface area contributed by atoms with Crippen LogP contribution in [0.25, 0.3) is 0 Å². The lowest BCUT2D eigenvalue weighted by Gasteiger charge is -2.02. The van der Waals surface area contributed by atoms with E-state index >= 15 is 0 Å². The molecular formula is C16H23F. The molecule has 0 aliphatic heterocycles. The zero-order valence-electron chi connectivity index (χ0n) is 11.0. The van der Waals surface area contributed by atoms with Gasteiger partial charge >= 0.3 is 0 Å². The minimum Gasteiger partial charge on any atom is -0.207 e. The van der Waals surface area contributed by atoms with Gasteiger partial charge in [-0.15, -0.1) is 0 Å². The summed E-state index contributed by atoms with van der Waals surface area (Å²) in [5.74, 6) is -0.158. The molecule has 94 valence electrons. The Morgan fingerprint density at radius 3 is 2.47 bits per heavy atom. The molecule has 1 aromatic carbocycles. The Labute approximate surface area is 105 Å². The Hall–Kier alpha value is -1.11. The number of benzene rings is 1. The van der Waals surface area contributed by atoms with Crippen LogP contribution in [0, 0.1) is 5.82 Å². The van der Waals surface area contributed by atoms with Crippen molar-refractivity contribution < 1.29 is 4.39 Å². The first-order chi connectivity index (χ1) is 8.22. The highest BCUT2D eigenvalue weighted by Crippen LogP contribution is 2.11. The smallest absolute Gasteiger partial charge is 0.123 e. The zero-order valence-corrected chi connectivity index (χ0v) is 11.0. The van der Waals surface area contributed by atoms with Gasteiger partial charge in [-0.05, 0) is 43.9 Å². The molecule has 0 heterocycles. The van der Waals surface area contributed by atoms with Crippen molar-refractivity contribution in [3.63, 3.8) is 0 Å². The summed E-state index contributed by atoms with van der Waals surface area (Å²) in [5.41, 5.74) is 2.63. The fourth-order valence-corrected chi connectivity index (χ4v) is 1.85. The van der Waals surface area contributed by atoms with Crippen LogP contribution in [-0.2, 0) is 6.42 Å². The molecule has 0 aliphatic carbocycles. The van der Waals surface area contributed by atoms with E-state index in [2.05, 4.69) is 19.9 Å². The maximum Gasteiger partial charge on any atom is 0.123 e. The van der Waals surface area contributed by atoms with Crippen molar-refractivity contribution in [1.29, 1.82) is 0 Å². The van der Waals surface area contributed by atoms with E-state index in [1.807, 2.05) is 12.1 Å². The number of hydrogen-bond acceptors (Lipinski definition) is 0. The standard InChI is InChI=1S/C16H23F/c1-3-4-5-6-7-14(2)8-9-15-10-12-16(17)13-11-15/h8,10-13H,3-7,9H2,1-2H3/b14-8+. The van der Waals surface area contributed by atoms with Gasteiger partial charge in [0.25, 0.3) is 0 Å². The maximum absolute atomic E-state index is 12.7. The Kier molecular flexibility index (Phi) is 6.61. The van der Waals surface area contributed by atoms with Gasteiger partial charge in [-0.3, -0.25) is 0 Å². The second-order valence-electron chi connectivity index (χ2n) is 4.69. The van der Waals surface area contributed by atoms with Gasteiger partial charge in [-0.25, -0.2) is 4.39 Å². The molecule has 0 amide bonds. The molecule has 1 aromatic rings. The van der Waals surface area contributed by atoms with Crippen molar-refractivity contribution in [3.8, 4) is 0 Å². The van der Waals surface area contributed by atoms with E-state index in [9.17, 15) is 4.39 Å². The molecule has 0 radical (unpaired) electrons. The molecular weight excluding hydrogens is 211 g/mol. The molecule has 0 nitrogen and oxygen atoms in total. The third kappa shape index (κ3) is 6.25. The lowest BCUT2D eigenvalue weighted by atomic mass is 10.0. The van der Waals surface area contributed by atoms with Crippen molar-refractivity contribution in [2.45, 2.75) is 52.4 Å². The Bertz CT molecular complexity index is 335. The van der Waals surface area contributed by atoms with Gasteiger partial charge in [-0.1, -0.05) is 50.0 Å². The Balaban J connectivity index is 2.29. The van der Waals surface area contributed by atoms with Crippen molar-refractivity contribution in [3.05, 3.63) is 47.3 Å². The number of hydrogen-bond donors (Lipinski definition) is 0. The fraction of sp³-hybridized carbons (Fsp3) is 0.500. The van der Waals surface area contributed by atoms with E-state index in [0.29, 0.717) is 0 Å². The quantitative estimate of drug-likeness (QED) is 0.444. The van der Waals surface area contributed by atoms with Gasteiger partial charge in [0.05, 0.1) is 0 Å². The minimum absolute atomic E-state index is 0.158. The first kappa shape index (κ1) is 14.0. The average molecular weight is 234 g/mol. The van der Waals surface area contributed by atoms with Gasteiger partial charge in [0.1, 0.15) is 5.82 Å². The highest BCUT2D eigenvalue weighted by Gasteiger charge is 1.94. The highest BCUT2D eigenvalue weighted by molar-refractivity contribution is 5.19. The third-order valence-corrected chi connectivity index (χ3v) is 3.02. The molecule has 1 heteroatoms. The molecule has 1 rings (SSSR count). The first-order valence-corrected chi connectivity index (χ1v) is 6.62. The van der Waals surface area contributed by atoms with Gasteiger partial charge in [-0.2, -0.15) is 0 Å². The topological polar surface area (TPSA) is 0 Å². The van der Waals surface area contributed by atoms with E-state index in [1.54, 1.807) is 0 Å². The van der Waals surface area contributed by atoms with Crippen LogP contribution >= 0.6 is 0 Å². The van der Waals surface area contributed by atoms with Crippen LogP contribution in [-0.4, -0.2) is 0 Å². The van der Waals surface area contributed by atoms with E-state index in [1.165, 1.54) is 55.4 Å². The molecule has 0 bridgehead atoms. The summed E-state index contributed by atoms with van der Waals surface area (Å²) in [6.07, 6.45) is 9.63. The van der Waals surface area contributed by atoms with Crippen molar-refractivity contribution in [2.75, 3.05) is 0 Å². The lowest BCUT2D eigenvalue weighted by Crippen LogP contribution is -1.85. The van der Waals surface area contributed by atoms with Crippen LogP contribution in [0.2, 0.25) is 0 Å². The predicted octanol–water partition coefficient (Wildman–Crippen LogP) is 5.28. The summed E-state index contributed by atoms with van der Waals surface area (Å²) in [5, 5.41) is 0. The minimum atomic E-state index is -0.158. The van der Waals surface area contributed by atoms with Crippen LogP contribution < -0.4 is 0 Å². The summed E-state index contributed by atoms with van der Waals surface area (Å²) in [7, 11) is 0. The molecule has 0 spiro atoms. The molecule has 0 N–H and O–H groups in total. The van der Waals surface area contributed by atoms with E-state index < -0.39 is 0 Å². The third-order valence-electron chi connectivity index (χ3n) is 3.02. The lowest BCUT2D eigenvalue weighted by molar-refractivity contribution is 0.627. The monoisotopic (exact) mass is 234 g/mol. The normalized spacial score (nSPS) is 11.8. The largest absolute Gasteiger partial charge is 0.207 e. The first-order valence-electron chi connectivity index (χ1n) is 6.62. The molecule has 0 saturated carbocycles. The average Bonchev–Trinajstić information content (AvgIpc) is 2.34. The molecule has 0 atom stereocenters. The summed E-state index contributed by atoms with van der Waals surface area (Å²) in [4.78, 5) is 0. The summed E-state index contributed by atoms with van der Waals surface area (Å²) < 4.78 is 12.7. The van der Waals surface area contributed by atoms with Gasteiger partial charge in [0, 0.05) is 0 Å². The highest BCUT2D eigenvalue weighted by atomic mass is 19.1. The molecule has 0 aromatic heterocycles. The van der Waals surface area contributed by atoms with Crippen LogP contribution in [0.15, 0.2) is 35.9 Å². The van der Waals surface area contributed by atoms with Crippen molar-refractivity contribution in [2.24, 2.45) is 0 Å². The van der Waals surface area contributed by atoms with Gasteiger partial charge < -0.3 is 0 Å². The van der Waals surface area contributed by atoms with Crippen LogP contribution in [0.5, 0.6) is 0 Å². The van der Waals surface area contributed by atoms with Crippen LogP contribution in [0.3, 0.4) is 0 Å². The summed E-state index contributed by atoms with van der Waals surface area (Å²) in [6, 6.07) is 6.77. The number of halogens is 1. The number of allylic oxidation sites excluding steroid dienone is 2. The van der Waals surface area contributed by atoms with Gasteiger partial charge in [0.2, 0.25) is 0 Å². The molecule has 17 heavy (non-hydrogen) atoms. The molecule has 0 saturated heterocycles. The molecule has 0 aliphatic rings. The molecule has 0 unspecified atom stereocenters. The SMILES string of the molecule is CCCCCC/C(C)=C/Cc1ccc(F)cc1. The molecule has 0 fully saturated rings. The van der Waals surface area contributed by atoms with E-state index in [-0.39, 0.29) is 5.82 Å². The second-order valence-corrected chi connectivity index (χ2v) is 4.69. The van der Waals surface area contributed by atoms with Crippen molar-refractivity contribution >= 4 is 0 Å². The number of unbranched alkanes of at least 4 members (excludes halogenated alkanes) is 3. The predicted molar refractivity (Wildman–Crippen MR) is 72.6 cm³/mol. The summed E-state index contributed by atoms with van der Waals surface area (Å²) >= 11 is 0. The summed E-state index contributed by atoms with van der Waals surface area (Å²) in [6.45, 7) is 4.42. The van der Waals surface area contributed by atoms with Crippen LogP contribution in [0.1, 0.15) is 51.5 Å². The fourth-order valence-electron chi connectivity index (χ4n) is 1.85.